The van der Waals surface area contributed by atoms with Crippen LogP contribution in [0.15, 0.2) is 35.2 Å². The van der Waals surface area contributed by atoms with E-state index >= 15 is 0 Å². The molecule has 1 saturated heterocycles. The van der Waals surface area contributed by atoms with Crippen LogP contribution in [0.25, 0.3) is 0 Å². The van der Waals surface area contributed by atoms with Gasteiger partial charge < -0.3 is 14.3 Å². The largest absolute Gasteiger partial charge is 0.467 e. The molecule has 1 aliphatic rings. The third kappa shape index (κ3) is 2.87. The Balaban J connectivity index is 1.75. The Bertz CT molecular complexity index is 503. The highest BCUT2D eigenvalue weighted by Crippen LogP contribution is 2.25. The lowest BCUT2D eigenvalue weighted by Crippen LogP contribution is -2.29. The first-order chi connectivity index (χ1) is 9.34. The smallest absolute Gasteiger partial charge is 0.133 e. The van der Waals surface area contributed by atoms with Crippen LogP contribution < -0.4 is 5.32 Å². The SMILES string of the molecule is Cn1ccnc1C(NCC1CCSC1)c1ccco1. The molecule has 0 aliphatic carbocycles. The first-order valence-electron chi connectivity index (χ1n) is 6.66. The van der Waals surface area contributed by atoms with Gasteiger partial charge >= 0.3 is 0 Å². The molecule has 1 fully saturated rings. The molecule has 19 heavy (non-hydrogen) atoms. The van der Waals surface area contributed by atoms with Crippen LogP contribution in [0.4, 0.5) is 0 Å². The predicted octanol–water partition coefficient (Wildman–Crippen LogP) is 2.45. The van der Waals surface area contributed by atoms with E-state index in [1.165, 1.54) is 17.9 Å². The normalized spacial score (nSPS) is 20.8. The number of rotatable bonds is 5. The number of furan rings is 1. The summed E-state index contributed by atoms with van der Waals surface area (Å²) in [6.45, 7) is 1.02. The second-order valence-corrected chi connectivity index (χ2v) is 6.13. The highest BCUT2D eigenvalue weighted by Gasteiger charge is 2.23. The number of aromatic nitrogens is 2. The van der Waals surface area contributed by atoms with Gasteiger partial charge in [0.2, 0.25) is 0 Å². The molecule has 0 radical (unpaired) electrons. The first kappa shape index (κ1) is 12.8. The Kier molecular flexibility index (Phi) is 3.94. The van der Waals surface area contributed by atoms with E-state index in [1.807, 2.05) is 47.9 Å². The van der Waals surface area contributed by atoms with Crippen molar-refractivity contribution in [3.63, 3.8) is 0 Å². The monoisotopic (exact) mass is 277 g/mol. The van der Waals surface area contributed by atoms with Crippen molar-refractivity contribution in [2.45, 2.75) is 12.5 Å². The minimum atomic E-state index is 0.0422. The fraction of sp³-hybridized carbons (Fsp3) is 0.500. The number of hydrogen-bond donors (Lipinski definition) is 1. The van der Waals surface area contributed by atoms with Gasteiger partial charge in [-0.3, -0.25) is 0 Å². The quantitative estimate of drug-likeness (QED) is 0.911. The van der Waals surface area contributed by atoms with E-state index in [-0.39, 0.29) is 6.04 Å². The van der Waals surface area contributed by atoms with E-state index in [2.05, 4.69) is 10.3 Å². The second-order valence-electron chi connectivity index (χ2n) is 4.98. The van der Waals surface area contributed by atoms with Crippen molar-refractivity contribution in [3.05, 3.63) is 42.4 Å². The van der Waals surface area contributed by atoms with Gasteiger partial charge in [0, 0.05) is 19.4 Å². The highest BCUT2D eigenvalue weighted by atomic mass is 32.2. The molecule has 3 rings (SSSR count). The molecule has 1 aliphatic heterocycles. The molecule has 0 saturated carbocycles. The summed E-state index contributed by atoms with van der Waals surface area (Å²) in [7, 11) is 2.02. The van der Waals surface area contributed by atoms with E-state index in [0.29, 0.717) is 0 Å². The molecule has 2 atom stereocenters. The van der Waals surface area contributed by atoms with E-state index in [9.17, 15) is 0 Å². The Labute approximate surface area is 117 Å². The fourth-order valence-electron chi connectivity index (χ4n) is 2.46. The molecule has 102 valence electrons. The zero-order chi connectivity index (χ0) is 13.1. The van der Waals surface area contributed by atoms with Gasteiger partial charge in [0.05, 0.1) is 6.26 Å². The number of thioether (sulfide) groups is 1. The zero-order valence-electron chi connectivity index (χ0n) is 11.1. The lowest BCUT2D eigenvalue weighted by molar-refractivity contribution is 0.406. The molecule has 2 unspecified atom stereocenters. The lowest BCUT2D eigenvalue weighted by atomic mass is 10.1. The summed E-state index contributed by atoms with van der Waals surface area (Å²) in [6.07, 6.45) is 6.83. The van der Waals surface area contributed by atoms with Crippen molar-refractivity contribution < 1.29 is 4.42 Å². The van der Waals surface area contributed by atoms with Gasteiger partial charge in [-0.05, 0) is 42.5 Å². The lowest BCUT2D eigenvalue weighted by Gasteiger charge is -2.18. The van der Waals surface area contributed by atoms with Crippen LogP contribution in [-0.2, 0) is 7.05 Å². The summed E-state index contributed by atoms with van der Waals surface area (Å²) in [5, 5.41) is 3.62. The number of aryl methyl sites for hydroxylation is 1. The second kappa shape index (κ2) is 5.84. The van der Waals surface area contributed by atoms with Crippen molar-refractivity contribution in [2.75, 3.05) is 18.1 Å². The Hall–Kier alpha value is -1.20. The summed E-state index contributed by atoms with van der Waals surface area (Å²) in [5.74, 6) is 5.25. The van der Waals surface area contributed by atoms with Gasteiger partial charge in [-0.15, -0.1) is 0 Å². The third-order valence-electron chi connectivity index (χ3n) is 3.58. The molecule has 3 heterocycles. The Morgan fingerprint density at radius 1 is 1.63 bits per heavy atom. The van der Waals surface area contributed by atoms with Crippen LogP contribution >= 0.6 is 11.8 Å². The molecule has 4 nitrogen and oxygen atoms in total. The van der Waals surface area contributed by atoms with Crippen molar-refractivity contribution in [3.8, 4) is 0 Å². The van der Waals surface area contributed by atoms with Gasteiger partial charge in [0.1, 0.15) is 17.6 Å². The average molecular weight is 277 g/mol. The maximum atomic E-state index is 5.57. The Morgan fingerprint density at radius 3 is 3.21 bits per heavy atom. The standard InChI is InChI=1S/C14H19N3OS/c1-17-6-5-15-14(17)13(12-3-2-7-18-12)16-9-11-4-8-19-10-11/h2-3,5-7,11,13,16H,4,8-10H2,1H3. The minimum Gasteiger partial charge on any atom is -0.467 e. The topological polar surface area (TPSA) is 43.0 Å². The van der Waals surface area contributed by atoms with Crippen molar-refractivity contribution in [1.29, 1.82) is 0 Å². The fourth-order valence-corrected chi connectivity index (χ4v) is 3.74. The predicted molar refractivity (Wildman–Crippen MR) is 77.2 cm³/mol. The number of nitrogens with one attached hydrogen (secondary N) is 1. The maximum absolute atomic E-state index is 5.57. The van der Waals surface area contributed by atoms with E-state index in [0.717, 1.165) is 24.0 Å². The summed E-state index contributed by atoms with van der Waals surface area (Å²) in [6, 6.07) is 3.98. The highest BCUT2D eigenvalue weighted by molar-refractivity contribution is 7.99. The van der Waals surface area contributed by atoms with Gasteiger partial charge in [0.25, 0.3) is 0 Å². The molecule has 0 bridgehead atoms. The van der Waals surface area contributed by atoms with Crippen LogP contribution in [0.3, 0.4) is 0 Å². The van der Waals surface area contributed by atoms with Gasteiger partial charge in [-0.2, -0.15) is 11.8 Å². The van der Waals surface area contributed by atoms with Gasteiger partial charge in [-0.1, -0.05) is 0 Å². The number of nitrogens with zero attached hydrogens (tertiary/aromatic N) is 2. The molecule has 2 aromatic heterocycles. The third-order valence-corrected chi connectivity index (χ3v) is 4.81. The van der Waals surface area contributed by atoms with Crippen molar-refractivity contribution >= 4 is 11.8 Å². The van der Waals surface area contributed by atoms with Gasteiger partial charge in [-0.25, -0.2) is 4.98 Å². The first-order valence-corrected chi connectivity index (χ1v) is 7.82. The van der Waals surface area contributed by atoms with E-state index < -0.39 is 0 Å². The molecular formula is C14H19N3OS. The molecule has 5 heteroatoms. The van der Waals surface area contributed by atoms with Crippen LogP contribution in [0.1, 0.15) is 24.0 Å². The summed E-state index contributed by atoms with van der Waals surface area (Å²) >= 11 is 2.05. The molecular weight excluding hydrogens is 258 g/mol. The van der Waals surface area contributed by atoms with E-state index in [4.69, 9.17) is 4.42 Å². The van der Waals surface area contributed by atoms with Crippen LogP contribution in [0.5, 0.6) is 0 Å². The molecule has 0 amide bonds. The zero-order valence-corrected chi connectivity index (χ0v) is 11.9. The van der Waals surface area contributed by atoms with Crippen molar-refractivity contribution in [1.82, 2.24) is 14.9 Å². The maximum Gasteiger partial charge on any atom is 0.133 e. The Morgan fingerprint density at radius 2 is 2.58 bits per heavy atom. The van der Waals surface area contributed by atoms with Crippen molar-refractivity contribution in [2.24, 2.45) is 13.0 Å². The van der Waals surface area contributed by atoms with E-state index in [1.54, 1.807) is 6.26 Å². The molecule has 1 N–H and O–H groups in total. The van der Waals surface area contributed by atoms with Gasteiger partial charge in [0.15, 0.2) is 0 Å². The number of hydrogen-bond acceptors (Lipinski definition) is 4. The van der Waals surface area contributed by atoms with Crippen LogP contribution in [0.2, 0.25) is 0 Å². The summed E-state index contributed by atoms with van der Waals surface area (Å²) < 4.78 is 7.61. The van der Waals surface area contributed by atoms with Crippen LogP contribution in [-0.4, -0.2) is 27.6 Å². The molecule has 0 spiro atoms. The molecule has 2 aromatic rings. The summed E-state index contributed by atoms with van der Waals surface area (Å²) in [5.41, 5.74) is 0. The number of imidazole rings is 1. The molecule has 0 aromatic carbocycles. The average Bonchev–Trinajstić information content (AvgIpc) is 3.13. The van der Waals surface area contributed by atoms with Crippen LogP contribution in [0, 0.1) is 5.92 Å². The minimum absolute atomic E-state index is 0.0422. The summed E-state index contributed by atoms with van der Waals surface area (Å²) in [4.78, 5) is 4.45.